The van der Waals surface area contributed by atoms with Gasteiger partial charge in [-0.05, 0) is 45.4 Å². The number of rotatable bonds is 42. The predicted octanol–water partition coefficient (Wildman–Crippen LogP) is 5.30. The number of ether oxygens (including phenoxy) is 4. The number of carbonyl (C=O) groups is 6. The minimum Gasteiger partial charge on any atom is -0.481 e. The number of H-pyrrole nitrogens is 1. The molecule has 378 valence electrons. The Morgan fingerprint density at radius 3 is 1.60 bits per heavy atom. The smallest absolute Gasteiger partial charge is 0.303 e. The maximum absolute atomic E-state index is 11.7. The molecule has 0 aliphatic rings. The van der Waals surface area contributed by atoms with Gasteiger partial charge in [0.05, 0.1) is 45.4 Å². The highest BCUT2D eigenvalue weighted by atomic mass is 16.5. The highest BCUT2D eigenvalue weighted by molar-refractivity contribution is 5.81. The SMILES string of the molecule is CC(=O)[C@@H](N)Cc1cnc[nH]1.CCCOCCOCC(=O)NCCOCCOCC(=O)NCCCC[C@H](CC)C(N)=O.CNC(=O)CCCCCCCCCCCCCCCCC(=O)O. The maximum atomic E-state index is 11.7. The van der Waals surface area contributed by atoms with Gasteiger partial charge in [0.1, 0.15) is 19.0 Å². The standard InChI is InChI=1S/C21H41N3O7.C19H37NO3.C7H11N3O/c1-3-10-28-12-14-30-17-20(26)24-9-11-29-13-15-31-16-19(25)23-8-6-5-7-18(4-2)21(22)27;1-20-18(21)16-14-12-10-8-6-4-2-3-5-7-9-11-13-15-17-19(22)23;1-5(11)7(8)2-6-3-9-4-10-6/h18H,3-17H2,1-2H3,(H2,22,27)(H,23,25)(H,24,26);2-17H2,1H3,(H,20,21)(H,22,23);3-4,7H,2,8H2,1H3,(H,9,10)/t18-;;7-/m0.0/s1. The number of primary amides is 1. The number of Topliss-reactive ketones (excluding diaryl/α,β-unsaturated/α-hetero) is 1. The van der Waals surface area contributed by atoms with Crippen molar-refractivity contribution in [1.82, 2.24) is 25.9 Å². The molecular formula is C47H89N7O11. The maximum Gasteiger partial charge on any atom is 0.303 e. The van der Waals surface area contributed by atoms with Gasteiger partial charge in [-0.25, -0.2) is 4.98 Å². The molecule has 0 spiro atoms. The zero-order chi connectivity index (χ0) is 48.6. The Morgan fingerprint density at radius 2 is 1.15 bits per heavy atom. The number of hydrogen-bond donors (Lipinski definition) is 7. The average molecular weight is 928 g/mol. The summed E-state index contributed by atoms with van der Waals surface area (Å²) < 4.78 is 21.0. The van der Waals surface area contributed by atoms with Gasteiger partial charge in [-0.15, -0.1) is 0 Å². The number of unbranched alkanes of at least 4 members (excludes halogenated alkanes) is 14. The van der Waals surface area contributed by atoms with Gasteiger partial charge >= 0.3 is 5.97 Å². The molecule has 0 saturated heterocycles. The van der Waals surface area contributed by atoms with E-state index in [1.165, 1.54) is 77.6 Å². The second-order valence-corrected chi connectivity index (χ2v) is 16.0. The molecule has 0 radical (unpaired) electrons. The number of nitrogens with zero attached hydrogens (tertiary/aromatic N) is 1. The van der Waals surface area contributed by atoms with Crippen LogP contribution in [-0.4, -0.2) is 129 Å². The molecule has 0 aliphatic heterocycles. The Bertz CT molecular complexity index is 1310. The molecular weight excluding hydrogens is 839 g/mol. The first kappa shape index (κ1) is 63.1. The van der Waals surface area contributed by atoms with Crippen LogP contribution in [0.4, 0.5) is 0 Å². The van der Waals surface area contributed by atoms with Crippen LogP contribution in [0.1, 0.15) is 161 Å². The Kier molecular flexibility index (Phi) is 46.6. The molecule has 65 heavy (non-hydrogen) atoms. The summed E-state index contributed by atoms with van der Waals surface area (Å²) in [5, 5.41) is 16.6. The monoisotopic (exact) mass is 928 g/mol. The molecule has 1 aromatic heterocycles. The van der Waals surface area contributed by atoms with Crippen molar-refractivity contribution < 1.29 is 52.8 Å². The van der Waals surface area contributed by atoms with Gasteiger partial charge in [0.15, 0.2) is 0 Å². The second kappa shape index (κ2) is 48.0. The van der Waals surface area contributed by atoms with E-state index in [1.54, 1.807) is 19.6 Å². The summed E-state index contributed by atoms with van der Waals surface area (Å²) in [7, 11) is 1.70. The lowest BCUT2D eigenvalue weighted by molar-refractivity contribution is -0.137. The molecule has 0 aliphatic carbocycles. The first-order valence-corrected chi connectivity index (χ1v) is 24.2. The summed E-state index contributed by atoms with van der Waals surface area (Å²) in [4.78, 5) is 73.1. The number of nitrogens with one attached hydrogen (secondary N) is 4. The number of amides is 4. The van der Waals surface area contributed by atoms with Crippen molar-refractivity contribution in [3.63, 3.8) is 0 Å². The van der Waals surface area contributed by atoms with Crippen molar-refractivity contribution >= 4 is 35.4 Å². The minimum atomic E-state index is -0.670. The Labute approximate surface area is 389 Å². The van der Waals surface area contributed by atoms with Crippen LogP contribution in [0.3, 0.4) is 0 Å². The van der Waals surface area contributed by atoms with E-state index in [-0.39, 0.29) is 48.5 Å². The number of nitrogens with two attached hydrogens (primary N) is 2. The molecule has 18 nitrogen and oxygen atoms in total. The highest BCUT2D eigenvalue weighted by Crippen LogP contribution is 2.14. The minimum absolute atomic E-state index is 0.000370. The van der Waals surface area contributed by atoms with Crippen LogP contribution in [0, 0.1) is 5.92 Å². The van der Waals surface area contributed by atoms with E-state index in [4.69, 9.17) is 35.5 Å². The quantitative estimate of drug-likeness (QED) is 0.0411. The molecule has 1 aromatic rings. The highest BCUT2D eigenvalue weighted by Gasteiger charge is 2.12. The molecule has 1 heterocycles. The lowest BCUT2D eigenvalue weighted by atomic mass is 9.99. The number of imidazole rings is 1. The lowest BCUT2D eigenvalue weighted by Gasteiger charge is -2.10. The number of carbonyl (C=O) groups excluding carboxylic acids is 5. The molecule has 0 bridgehead atoms. The Balaban J connectivity index is 0. The van der Waals surface area contributed by atoms with Gasteiger partial charge in [-0.1, -0.05) is 97.3 Å². The predicted molar refractivity (Wildman–Crippen MR) is 253 cm³/mol. The van der Waals surface area contributed by atoms with Crippen LogP contribution in [-0.2, 0) is 54.1 Å². The number of carboxylic acid groups (broad SMARTS) is 1. The van der Waals surface area contributed by atoms with Gasteiger partial charge in [0, 0.05) is 63.8 Å². The summed E-state index contributed by atoms with van der Waals surface area (Å²) >= 11 is 0. The molecule has 4 amide bonds. The zero-order valence-corrected chi connectivity index (χ0v) is 40.6. The van der Waals surface area contributed by atoms with Crippen molar-refractivity contribution in [2.75, 3.05) is 73.0 Å². The number of ketones is 1. The molecule has 0 saturated carbocycles. The van der Waals surface area contributed by atoms with Crippen molar-refractivity contribution in [3.05, 3.63) is 18.2 Å². The fourth-order valence-corrected chi connectivity index (χ4v) is 6.15. The van der Waals surface area contributed by atoms with Gasteiger partial charge in [0.2, 0.25) is 23.6 Å². The van der Waals surface area contributed by atoms with Crippen LogP contribution in [0.2, 0.25) is 0 Å². The molecule has 0 aromatic carbocycles. The first-order valence-electron chi connectivity index (χ1n) is 24.2. The van der Waals surface area contributed by atoms with E-state index in [0.29, 0.717) is 72.0 Å². The van der Waals surface area contributed by atoms with E-state index < -0.39 is 12.0 Å². The number of hydrogen-bond acceptors (Lipinski definition) is 12. The number of aliphatic carboxylic acids is 1. The molecule has 18 heteroatoms. The normalized spacial score (nSPS) is 11.6. The first-order chi connectivity index (χ1) is 31.4. The summed E-state index contributed by atoms with van der Waals surface area (Å²) in [6.07, 6.45) is 25.9. The van der Waals surface area contributed by atoms with Crippen LogP contribution in [0.25, 0.3) is 0 Å². The summed E-state index contributed by atoms with van der Waals surface area (Å²) in [5.74, 6) is -1.25. The van der Waals surface area contributed by atoms with Crippen LogP contribution in [0.5, 0.6) is 0 Å². The number of carboxylic acids is 1. The van der Waals surface area contributed by atoms with Gasteiger partial charge in [0.25, 0.3) is 0 Å². The third-order valence-electron chi connectivity index (χ3n) is 10.2. The summed E-state index contributed by atoms with van der Waals surface area (Å²) in [6.45, 7) is 8.90. The fraction of sp³-hybridized carbons (Fsp3) is 0.809. The summed E-state index contributed by atoms with van der Waals surface area (Å²) in [6, 6.07) is -0.407. The van der Waals surface area contributed by atoms with Crippen molar-refractivity contribution in [1.29, 1.82) is 0 Å². The number of aromatic amines is 1. The average Bonchev–Trinajstić information content (AvgIpc) is 3.80. The van der Waals surface area contributed by atoms with E-state index in [1.807, 2.05) is 13.8 Å². The van der Waals surface area contributed by atoms with Gasteiger partial charge < -0.3 is 56.5 Å². The van der Waals surface area contributed by atoms with Gasteiger partial charge in [-0.3, -0.25) is 28.8 Å². The van der Waals surface area contributed by atoms with Crippen molar-refractivity contribution in [2.24, 2.45) is 17.4 Å². The van der Waals surface area contributed by atoms with E-state index >= 15 is 0 Å². The molecule has 2 atom stereocenters. The summed E-state index contributed by atoms with van der Waals surface area (Å²) in [5.41, 5.74) is 11.7. The van der Waals surface area contributed by atoms with E-state index in [0.717, 1.165) is 57.1 Å². The van der Waals surface area contributed by atoms with Crippen molar-refractivity contribution in [3.8, 4) is 0 Å². The van der Waals surface area contributed by atoms with Crippen LogP contribution in [0.15, 0.2) is 12.5 Å². The Morgan fingerprint density at radius 1 is 0.662 bits per heavy atom. The molecule has 9 N–H and O–H groups in total. The van der Waals surface area contributed by atoms with Crippen molar-refractivity contribution in [2.45, 2.75) is 168 Å². The largest absolute Gasteiger partial charge is 0.481 e. The third-order valence-corrected chi connectivity index (χ3v) is 10.2. The van der Waals surface area contributed by atoms with Crippen LogP contribution < -0.4 is 27.4 Å². The van der Waals surface area contributed by atoms with E-state index in [2.05, 4.69) is 25.9 Å². The second-order valence-electron chi connectivity index (χ2n) is 16.0. The topological polar surface area (TPSA) is 276 Å². The van der Waals surface area contributed by atoms with Gasteiger partial charge in [-0.2, -0.15) is 0 Å². The van der Waals surface area contributed by atoms with E-state index in [9.17, 15) is 28.8 Å². The number of aromatic nitrogens is 2. The third kappa shape index (κ3) is 47.8. The molecule has 0 fully saturated rings. The zero-order valence-electron chi connectivity index (χ0n) is 40.6. The van der Waals surface area contributed by atoms with Crippen LogP contribution >= 0.6 is 0 Å². The lowest BCUT2D eigenvalue weighted by Crippen LogP contribution is -2.31. The fourth-order valence-electron chi connectivity index (χ4n) is 6.15. The Hall–Kier alpha value is -3.97. The molecule has 1 rings (SSSR count). The molecule has 0 unspecified atom stereocenters.